The molecule has 5 heteroatoms. The van der Waals surface area contributed by atoms with Crippen molar-refractivity contribution in [2.45, 2.75) is 6.92 Å². The number of benzene rings is 1. The van der Waals surface area contributed by atoms with E-state index in [4.69, 9.17) is 5.53 Å². The molecule has 0 saturated heterocycles. The highest BCUT2D eigenvalue weighted by Gasteiger charge is 2.11. The molecule has 0 amide bonds. The molecule has 0 bridgehead atoms. The Bertz CT molecular complexity index is 335. The van der Waals surface area contributed by atoms with Gasteiger partial charge in [0.1, 0.15) is 0 Å². The van der Waals surface area contributed by atoms with Crippen LogP contribution in [0, 0.1) is 22.6 Å². The monoisotopic (exact) mass is 165 g/mol. The van der Waals surface area contributed by atoms with Crippen LogP contribution in [0.4, 0.5) is 11.4 Å². The van der Waals surface area contributed by atoms with E-state index in [2.05, 4.69) is 5.11 Å². The van der Waals surface area contributed by atoms with Gasteiger partial charge in [-0.3, -0.25) is 10.1 Å². The third-order valence-electron chi connectivity index (χ3n) is 1.59. The summed E-state index contributed by atoms with van der Waals surface area (Å²) in [6, 6.07) is 4.47. The normalized spacial score (nSPS) is 9.42. The Kier molecular flexibility index (Phi) is 2.14. The smallest absolute Gasteiger partial charge is 0.258 e. The second-order valence-corrected chi connectivity index (χ2v) is 2.29. The van der Waals surface area contributed by atoms with E-state index in [-0.39, 0.29) is 5.69 Å². The molecule has 5 nitrogen and oxygen atoms in total. The van der Waals surface area contributed by atoms with Crippen LogP contribution in [-0.2, 0) is 0 Å². The van der Waals surface area contributed by atoms with E-state index in [0.29, 0.717) is 11.3 Å². The van der Waals surface area contributed by atoms with Crippen LogP contribution in [0.1, 0.15) is 5.56 Å². The van der Waals surface area contributed by atoms with Gasteiger partial charge in [-0.15, -0.1) is 0 Å². The zero-order chi connectivity index (χ0) is 9.14. The highest BCUT2D eigenvalue weighted by atomic mass is 16.6. The molecule has 0 fully saturated rings. The highest BCUT2D eigenvalue weighted by Crippen LogP contribution is 2.26. The van der Waals surface area contributed by atoms with Crippen LogP contribution in [0.3, 0.4) is 0 Å². The maximum Gasteiger partial charge on any atom is 0.274 e. The standard InChI is InChI=1S/C7H7N3O2/c1-5-6(9-8)3-2-4-7(5)10(11)12/h2-4,8H,1H3. The Morgan fingerprint density at radius 2 is 2.25 bits per heavy atom. The quantitative estimate of drug-likeness (QED) is 0.415. The predicted octanol–water partition coefficient (Wildman–Crippen LogP) is 2.57. The molecule has 1 aromatic carbocycles. The van der Waals surface area contributed by atoms with Gasteiger partial charge in [-0.2, -0.15) is 5.11 Å². The van der Waals surface area contributed by atoms with Crippen LogP contribution in [-0.4, -0.2) is 4.92 Å². The molecule has 0 aliphatic heterocycles. The molecule has 1 rings (SSSR count). The first-order chi connectivity index (χ1) is 5.66. The Labute approximate surface area is 68.7 Å². The van der Waals surface area contributed by atoms with Gasteiger partial charge >= 0.3 is 0 Å². The third kappa shape index (κ3) is 1.29. The molecule has 12 heavy (non-hydrogen) atoms. The van der Waals surface area contributed by atoms with E-state index < -0.39 is 4.92 Å². The molecule has 0 aliphatic carbocycles. The molecule has 1 N–H and O–H groups in total. The summed E-state index contributed by atoms with van der Waals surface area (Å²) in [6.45, 7) is 1.57. The molecule has 0 saturated carbocycles. The molecular formula is C7H7N3O2. The van der Waals surface area contributed by atoms with E-state index in [1.807, 2.05) is 0 Å². The van der Waals surface area contributed by atoms with Crippen molar-refractivity contribution in [3.8, 4) is 0 Å². The van der Waals surface area contributed by atoms with Gasteiger partial charge in [0.15, 0.2) is 0 Å². The van der Waals surface area contributed by atoms with Gasteiger partial charge in [0.05, 0.1) is 16.2 Å². The summed E-state index contributed by atoms with van der Waals surface area (Å²) in [5.41, 5.74) is 7.49. The molecule has 0 heterocycles. The molecule has 0 unspecified atom stereocenters. The van der Waals surface area contributed by atoms with Gasteiger partial charge < -0.3 is 0 Å². The first-order valence-corrected chi connectivity index (χ1v) is 3.28. The minimum atomic E-state index is -0.482. The molecule has 0 aliphatic rings. The minimum Gasteiger partial charge on any atom is -0.258 e. The maximum absolute atomic E-state index is 10.4. The first-order valence-electron chi connectivity index (χ1n) is 3.28. The SMILES string of the molecule is Cc1c(N=N)cccc1[N+](=O)[O-]. The van der Waals surface area contributed by atoms with Crippen molar-refractivity contribution in [3.05, 3.63) is 33.9 Å². The fourth-order valence-electron chi connectivity index (χ4n) is 0.931. The second kappa shape index (κ2) is 3.08. The number of hydrogen-bond acceptors (Lipinski definition) is 4. The number of nitrogens with one attached hydrogen (secondary N) is 1. The molecular weight excluding hydrogens is 158 g/mol. The number of hydrogen-bond donors (Lipinski definition) is 1. The summed E-state index contributed by atoms with van der Waals surface area (Å²) in [5, 5.41) is 13.6. The summed E-state index contributed by atoms with van der Waals surface area (Å²) >= 11 is 0. The fourth-order valence-corrected chi connectivity index (χ4v) is 0.931. The molecule has 62 valence electrons. The summed E-state index contributed by atoms with van der Waals surface area (Å²) < 4.78 is 0. The van der Waals surface area contributed by atoms with Crippen LogP contribution in [0.15, 0.2) is 23.3 Å². The van der Waals surface area contributed by atoms with Crippen LogP contribution in [0.5, 0.6) is 0 Å². The second-order valence-electron chi connectivity index (χ2n) is 2.29. The maximum atomic E-state index is 10.4. The van der Waals surface area contributed by atoms with Crippen LogP contribution in [0.2, 0.25) is 0 Å². The molecule has 0 spiro atoms. The highest BCUT2D eigenvalue weighted by molar-refractivity contribution is 5.55. The predicted molar refractivity (Wildman–Crippen MR) is 42.6 cm³/mol. The van der Waals surface area contributed by atoms with Gasteiger partial charge in [0.25, 0.3) is 5.69 Å². The van der Waals surface area contributed by atoms with E-state index in [9.17, 15) is 10.1 Å². The van der Waals surface area contributed by atoms with E-state index >= 15 is 0 Å². The summed E-state index contributed by atoms with van der Waals surface area (Å²) in [5.74, 6) is 0. The van der Waals surface area contributed by atoms with Crippen molar-refractivity contribution >= 4 is 11.4 Å². The largest absolute Gasteiger partial charge is 0.274 e. The number of rotatable bonds is 2. The van der Waals surface area contributed by atoms with Crippen molar-refractivity contribution < 1.29 is 4.92 Å². The molecule has 0 aromatic heterocycles. The minimum absolute atomic E-state index is 0.00324. The molecule has 1 aromatic rings. The van der Waals surface area contributed by atoms with Crippen molar-refractivity contribution in [3.63, 3.8) is 0 Å². The lowest BCUT2D eigenvalue weighted by molar-refractivity contribution is -0.385. The van der Waals surface area contributed by atoms with E-state index in [1.165, 1.54) is 12.1 Å². The van der Waals surface area contributed by atoms with Gasteiger partial charge in [-0.1, -0.05) is 6.07 Å². The topological polar surface area (TPSA) is 79.3 Å². The van der Waals surface area contributed by atoms with Crippen molar-refractivity contribution in [1.29, 1.82) is 5.53 Å². The first kappa shape index (κ1) is 8.32. The van der Waals surface area contributed by atoms with Crippen molar-refractivity contribution in [1.82, 2.24) is 0 Å². The van der Waals surface area contributed by atoms with Gasteiger partial charge in [-0.25, -0.2) is 5.53 Å². The third-order valence-corrected chi connectivity index (χ3v) is 1.59. The lowest BCUT2D eigenvalue weighted by Crippen LogP contribution is -1.90. The zero-order valence-corrected chi connectivity index (χ0v) is 6.44. The lowest BCUT2D eigenvalue weighted by atomic mass is 10.2. The van der Waals surface area contributed by atoms with Gasteiger partial charge in [0.2, 0.25) is 0 Å². The molecule has 0 atom stereocenters. The average molecular weight is 165 g/mol. The number of nitrogens with zero attached hydrogens (tertiary/aromatic N) is 2. The van der Waals surface area contributed by atoms with Gasteiger partial charge in [0, 0.05) is 6.07 Å². The number of nitro benzene ring substituents is 1. The fraction of sp³-hybridized carbons (Fsp3) is 0.143. The van der Waals surface area contributed by atoms with Crippen molar-refractivity contribution in [2.75, 3.05) is 0 Å². The zero-order valence-electron chi connectivity index (χ0n) is 6.44. The number of nitro groups is 1. The van der Waals surface area contributed by atoms with E-state index in [1.54, 1.807) is 13.0 Å². The Hall–Kier alpha value is -1.78. The summed E-state index contributed by atoms with van der Waals surface area (Å²) in [6.07, 6.45) is 0. The van der Waals surface area contributed by atoms with Crippen molar-refractivity contribution in [2.24, 2.45) is 5.11 Å². The van der Waals surface area contributed by atoms with E-state index in [0.717, 1.165) is 0 Å². The Balaban J connectivity index is 3.32. The van der Waals surface area contributed by atoms with Gasteiger partial charge in [-0.05, 0) is 13.0 Å². The average Bonchev–Trinajstić information content (AvgIpc) is 2.04. The lowest BCUT2D eigenvalue weighted by Gasteiger charge is -1.97. The summed E-state index contributed by atoms with van der Waals surface area (Å²) in [4.78, 5) is 9.91. The van der Waals surface area contributed by atoms with Crippen LogP contribution < -0.4 is 0 Å². The molecule has 0 radical (unpaired) electrons. The summed E-state index contributed by atoms with van der Waals surface area (Å²) in [7, 11) is 0. The Morgan fingerprint density at radius 1 is 1.58 bits per heavy atom. The van der Waals surface area contributed by atoms with Crippen LogP contribution >= 0.6 is 0 Å². The Morgan fingerprint density at radius 3 is 2.75 bits per heavy atom. The van der Waals surface area contributed by atoms with Crippen LogP contribution in [0.25, 0.3) is 0 Å².